The van der Waals surface area contributed by atoms with Crippen LogP contribution in [0.4, 0.5) is 5.69 Å². The number of hydrogen-bond acceptors (Lipinski definition) is 3. The highest BCUT2D eigenvalue weighted by atomic mass is 32.1. The topological polar surface area (TPSA) is 54.3 Å². The predicted octanol–water partition coefficient (Wildman–Crippen LogP) is 6.20. The van der Waals surface area contributed by atoms with Crippen LogP contribution in [0.15, 0.2) is 78.4 Å². The summed E-state index contributed by atoms with van der Waals surface area (Å²) in [5.41, 5.74) is 5.63. The lowest BCUT2D eigenvalue weighted by Crippen LogP contribution is -2.54. The maximum Gasteiger partial charge on any atom is 0.270 e. The molecule has 0 atom stereocenters. The number of carbonyl (C=O) groups excluding carboxylic acids is 2. The largest absolute Gasteiger partial charge is 0.318 e. The molecule has 1 fully saturated rings. The van der Waals surface area contributed by atoms with E-state index in [0.717, 1.165) is 33.6 Å². The Morgan fingerprint density at radius 2 is 1.53 bits per heavy atom. The molecular weight excluding hydrogens is 466 g/mol. The van der Waals surface area contributed by atoms with Crippen molar-refractivity contribution in [1.82, 2.24) is 9.88 Å². The molecule has 0 spiro atoms. The Morgan fingerprint density at radius 3 is 2.22 bits per heavy atom. The molecule has 180 valence electrons. The van der Waals surface area contributed by atoms with E-state index in [1.807, 2.05) is 56.3 Å². The predicted molar refractivity (Wildman–Crippen MR) is 149 cm³/mol. The summed E-state index contributed by atoms with van der Waals surface area (Å²) in [6.45, 7) is 8.24. The molecule has 36 heavy (non-hydrogen) atoms. The van der Waals surface area contributed by atoms with Crippen LogP contribution >= 0.6 is 12.2 Å². The molecule has 0 unspecified atom stereocenters. The number of carbonyl (C=O) groups is 2. The highest BCUT2D eigenvalue weighted by Gasteiger charge is 2.34. The Kier molecular flexibility index (Phi) is 6.06. The van der Waals surface area contributed by atoms with E-state index in [0.29, 0.717) is 11.6 Å². The summed E-state index contributed by atoms with van der Waals surface area (Å²) in [4.78, 5) is 27.7. The number of benzene rings is 3. The second kappa shape index (κ2) is 9.21. The number of anilines is 1. The molecular formula is C30H27N3O2S. The zero-order valence-corrected chi connectivity index (χ0v) is 21.5. The zero-order chi connectivity index (χ0) is 25.6. The average molecular weight is 494 g/mol. The Hall–Kier alpha value is -4.03. The van der Waals surface area contributed by atoms with E-state index >= 15 is 0 Å². The molecule has 2 amide bonds. The summed E-state index contributed by atoms with van der Waals surface area (Å²) in [7, 11) is 0. The molecule has 0 radical (unpaired) electrons. The smallest absolute Gasteiger partial charge is 0.270 e. The van der Waals surface area contributed by atoms with Gasteiger partial charge in [0.2, 0.25) is 0 Å². The molecule has 1 N–H and O–H groups in total. The van der Waals surface area contributed by atoms with Crippen LogP contribution in [-0.2, 0) is 9.59 Å². The van der Waals surface area contributed by atoms with Gasteiger partial charge in [0, 0.05) is 17.1 Å². The molecule has 5 nitrogen and oxygen atoms in total. The van der Waals surface area contributed by atoms with Crippen LogP contribution in [0.3, 0.4) is 0 Å². The second-order valence-electron chi connectivity index (χ2n) is 9.40. The van der Waals surface area contributed by atoms with Crippen LogP contribution in [-0.4, -0.2) is 21.5 Å². The van der Waals surface area contributed by atoms with Crippen LogP contribution in [0.5, 0.6) is 0 Å². The first-order valence-corrected chi connectivity index (χ1v) is 12.3. The fraction of sp³-hybridized carbons (Fsp3) is 0.167. The maximum absolute atomic E-state index is 13.5. The van der Waals surface area contributed by atoms with E-state index in [-0.39, 0.29) is 10.7 Å². The van der Waals surface area contributed by atoms with Gasteiger partial charge in [-0.3, -0.25) is 19.8 Å². The minimum Gasteiger partial charge on any atom is -0.318 e. The van der Waals surface area contributed by atoms with Crippen molar-refractivity contribution in [2.45, 2.75) is 33.6 Å². The van der Waals surface area contributed by atoms with Gasteiger partial charge >= 0.3 is 0 Å². The van der Waals surface area contributed by atoms with Crippen molar-refractivity contribution < 1.29 is 9.59 Å². The lowest BCUT2D eigenvalue weighted by Gasteiger charge is -2.29. The maximum atomic E-state index is 13.5. The number of thiocarbonyl (C=S) groups is 1. The molecule has 3 aromatic carbocycles. The number of fused-ring (bicyclic) bond motifs is 1. The van der Waals surface area contributed by atoms with Gasteiger partial charge in [-0.1, -0.05) is 56.3 Å². The van der Waals surface area contributed by atoms with E-state index in [1.54, 1.807) is 6.08 Å². The Bertz CT molecular complexity index is 1560. The number of aromatic nitrogens is 1. The van der Waals surface area contributed by atoms with E-state index in [4.69, 9.17) is 12.2 Å². The molecule has 0 aliphatic carbocycles. The first-order chi connectivity index (χ1) is 17.2. The first kappa shape index (κ1) is 23.7. The van der Waals surface area contributed by atoms with E-state index in [1.165, 1.54) is 10.3 Å². The minimum absolute atomic E-state index is 0.0512. The number of amides is 2. The van der Waals surface area contributed by atoms with Crippen LogP contribution in [0.1, 0.15) is 42.3 Å². The van der Waals surface area contributed by atoms with Crippen molar-refractivity contribution in [3.63, 3.8) is 0 Å². The van der Waals surface area contributed by atoms with Gasteiger partial charge in [0.05, 0.1) is 5.69 Å². The van der Waals surface area contributed by atoms with E-state index < -0.39 is 11.8 Å². The molecule has 0 saturated carbocycles. The standard InChI is InChI=1S/C30H27N3O2S/c1-18(2)21-9-12-25(13-10-21)33-29(35)27(28(34)31-30(33)36)17-24-15-19(3)32(20(24)4)26-14-11-22-7-5-6-8-23(22)16-26/h5-18H,1-4H3,(H,31,34,36)/b27-17+. The molecule has 6 heteroatoms. The molecule has 1 aliphatic rings. The molecule has 5 rings (SSSR count). The molecule has 1 saturated heterocycles. The third kappa shape index (κ3) is 4.14. The lowest BCUT2D eigenvalue weighted by atomic mass is 10.0. The van der Waals surface area contributed by atoms with E-state index in [9.17, 15) is 9.59 Å². The average Bonchev–Trinajstić information content (AvgIpc) is 3.14. The number of nitrogens with one attached hydrogen (secondary N) is 1. The second-order valence-corrected chi connectivity index (χ2v) is 9.78. The highest BCUT2D eigenvalue weighted by Crippen LogP contribution is 2.28. The summed E-state index contributed by atoms with van der Waals surface area (Å²) < 4.78 is 2.14. The van der Waals surface area contributed by atoms with Gasteiger partial charge in [-0.25, -0.2) is 0 Å². The summed E-state index contributed by atoms with van der Waals surface area (Å²) in [6, 6.07) is 24.2. The summed E-state index contributed by atoms with van der Waals surface area (Å²) >= 11 is 5.36. The van der Waals surface area contributed by atoms with Crippen molar-refractivity contribution in [2.24, 2.45) is 0 Å². The molecule has 1 aliphatic heterocycles. The normalized spacial score (nSPS) is 15.3. The number of rotatable bonds is 4. The fourth-order valence-corrected chi connectivity index (χ4v) is 4.98. The number of nitrogens with zero attached hydrogens (tertiary/aromatic N) is 2. The van der Waals surface area contributed by atoms with Gasteiger partial charge in [0.1, 0.15) is 5.57 Å². The van der Waals surface area contributed by atoms with Crippen LogP contribution in [0, 0.1) is 13.8 Å². The number of aryl methyl sites for hydroxylation is 1. The van der Waals surface area contributed by atoms with Crippen LogP contribution < -0.4 is 10.2 Å². The third-order valence-electron chi connectivity index (χ3n) is 6.68. The van der Waals surface area contributed by atoms with Crippen molar-refractivity contribution >= 4 is 51.7 Å². The first-order valence-electron chi connectivity index (χ1n) is 11.9. The number of hydrogen-bond donors (Lipinski definition) is 1. The van der Waals surface area contributed by atoms with Gasteiger partial charge in [-0.2, -0.15) is 0 Å². The zero-order valence-electron chi connectivity index (χ0n) is 20.7. The summed E-state index contributed by atoms with van der Waals surface area (Å²) in [5.74, 6) is -0.553. The van der Waals surface area contributed by atoms with Crippen LogP contribution in [0.25, 0.3) is 22.5 Å². The Balaban J connectivity index is 1.53. The molecule has 4 aromatic rings. The van der Waals surface area contributed by atoms with Gasteiger partial charge in [0.15, 0.2) is 5.11 Å². The van der Waals surface area contributed by atoms with Crippen molar-refractivity contribution in [3.05, 3.63) is 101 Å². The third-order valence-corrected chi connectivity index (χ3v) is 6.97. The minimum atomic E-state index is -0.490. The van der Waals surface area contributed by atoms with Gasteiger partial charge in [-0.05, 0) is 90.3 Å². The van der Waals surface area contributed by atoms with Gasteiger partial charge in [0.25, 0.3) is 11.8 Å². The monoisotopic (exact) mass is 493 g/mol. The molecule has 0 bridgehead atoms. The van der Waals surface area contributed by atoms with Crippen molar-refractivity contribution in [3.8, 4) is 5.69 Å². The molecule has 1 aromatic heterocycles. The molecule has 2 heterocycles. The SMILES string of the molecule is Cc1cc(/C=C2\C(=O)NC(=S)N(c3ccc(C(C)C)cc3)C2=O)c(C)n1-c1ccc2ccccc2c1. The Morgan fingerprint density at radius 1 is 0.861 bits per heavy atom. The van der Waals surface area contributed by atoms with Crippen LogP contribution in [0.2, 0.25) is 0 Å². The highest BCUT2D eigenvalue weighted by molar-refractivity contribution is 7.80. The van der Waals surface area contributed by atoms with Gasteiger partial charge in [-0.15, -0.1) is 0 Å². The quantitative estimate of drug-likeness (QED) is 0.209. The summed E-state index contributed by atoms with van der Waals surface area (Å²) in [6.07, 6.45) is 1.66. The van der Waals surface area contributed by atoms with Gasteiger partial charge < -0.3 is 4.57 Å². The van der Waals surface area contributed by atoms with Crippen molar-refractivity contribution in [2.75, 3.05) is 4.90 Å². The fourth-order valence-electron chi connectivity index (χ4n) is 4.70. The van der Waals surface area contributed by atoms with E-state index in [2.05, 4.69) is 54.1 Å². The lowest BCUT2D eigenvalue weighted by molar-refractivity contribution is -0.122. The summed E-state index contributed by atoms with van der Waals surface area (Å²) in [5, 5.41) is 5.09. The van der Waals surface area contributed by atoms with Crippen molar-refractivity contribution in [1.29, 1.82) is 0 Å². The Labute approximate surface area is 216 Å².